The van der Waals surface area contributed by atoms with Gasteiger partial charge in [-0.2, -0.15) is 4.52 Å². The summed E-state index contributed by atoms with van der Waals surface area (Å²) in [5.41, 5.74) is 5.60. The summed E-state index contributed by atoms with van der Waals surface area (Å²) >= 11 is 0. The van der Waals surface area contributed by atoms with Gasteiger partial charge in [0, 0.05) is 38.7 Å². The van der Waals surface area contributed by atoms with E-state index in [4.69, 9.17) is 5.73 Å². The van der Waals surface area contributed by atoms with Crippen LogP contribution in [-0.2, 0) is 6.42 Å². The zero-order valence-electron chi connectivity index (χ0n) is 20.7. The van der Waals surface area contributed by atoms with Crippen LogP contribution in [0.25, 0.3) is 16.6 Å². The largest absolute Gasteiger partial charge is 0.386 e. The van der Waals surface area contributed by atoms with Crippen LogP contribution in [0.15, 0.2) is 24.5 Å². The number of carbonyl (C=O) groups is 1. The number of β-amino-alcohol motifs (C(OH)–C–C–N with tert-alkyl or cyclic N) is 1. The van der Waals surface area contributed by atoms with Crippen molar-refractivity contribution in [1.82, 2.24) is 34.4 Å². The molecule has 1 atom stereocenters. The van der Waals surface area contributed by atoms with Gasteiger partial charge < -0.3 is 20.6 Å². The van der Waals surface area contributed by atoms with E-state index in [0.29, 0.717) is 44.0 Å². The van der Waals surface area contributed by atoms with Gasteiger partial charge >= 0.3 is 0 Å². The number of fused-ring (bicyclic) bond motifs is 3. The van der Waals surface area contributed by atoms with E-state index in [1.54, 1.807) is 18.9 Å². The van der Waals surface area contributed by atoms with E-state index in [9.17, 15) is 18.7 Å². The highest BCUT2D eigenvalue weighted by Crippen LogP contribution is 2.26. The normalized spacial score (nSPS) is 15.7. The first-order chi connectivity index (χ1) is 17.5. The number of hydrogen-bond donors (Lipinski definition) is 2. The first-order valence-electron chi connectivity index (χ1n) is 11.9. The number of halogens is 2. The number of amides is 1. The van der Waals surface area contributed by atoms with Gasteiger partial charge in [0.15, 0.2) is 17.3 Å². The molecule has 0 radical (unpaired) electrons. The Labute approximate surface area is 211 Å². The molecule has 1 amide bonds. The number of hydrogen-bond acceptors (Lipinski definition) is 9. The van der Waals surface area contributed by atoms with Crippen molar-refractivity contribution in [1.29, 1.82) is 0 Å². The van der Waals surface area contributed by atoms with Gasteiger partial charge in [-0.05, 0) is 32.8 Å². The van der Waals surface area contributed by atoms with Gasteiger partial charge in [0.2, 0.25) is 5.95 Å². The summed E-state index contributed by atoms with van der Waals surface area (Å²) in [6.07, 6.45) is 4.77. The van der Waals surface area contributed by atoms with Crippen molar-refractivity contribution < 1.29 is 18.7 Å². The first kappa shape index (κ1) is 24.7. The van der Waals surface area contributed by atoms with Crippen molar-refractivity contribution in [2.45, 2.75) is 44.8 Å². The summed E-state index contributed by atoms with van der Waals surface area (Å²) in [5.74, 6) is -0.772. The zero-order valence-corrected chi connectivity index (χ0v) is 20.7. The molecule has 13 heteroatoms. The van der Waals surface area contributed by atoms with Crippen LogP contribution < -0.4 is 10.6 Å². The standard InChI is InChI=1S/C24H27F2N9O2/c1-13(33(3)22(36)17-9-29-19(10-28-17)34-11-24(2,37)12-34)5-4-6-18-30-21-15-7-14(25)8-16(26)20(15)31-23(27)35(21)32-18/h7-10,13,37H,4-6,11-12H2,1-3H3,(H2,27,31)/t13-/m0/s1. The van der Waals surface area contributed by atoms with E-state index in [1.807, 2.05) is 11.8 Å². The molecule has 1 aliphatic heterocycles. The molecule has 5 rings (SSSR count). The van der Waals surface area contributed by atoms with Gasteiger partial charge in [-0.15, -0.1) is 5.10 Å². The molecule has 0 aliphatic carbocycles. The fraction of sp³-hybridized carbons (Fsp3) is 0.417. The molecule has 0 spiro atoms. The molecule has 0 saturated carbocycles. The molecule has 0 bridgehead atoms. The average Bonchev–Trinajstić information content (AvgIpc) is 3.27. The molecule has 11 nitrogen and oxygen atoms in total. The van der Waals surface area contributed by atoms with Gasteiger partial charge in [0.05, 0.1) is 23.4 Å². The van der Waals surface area contributed by atoms with Crippen molar-refractivity contribution >= 4 is 34.2 Å². The molecule has 0 unspecified atom stereocenters. The summed E-state index contributed by atoms with van der Waals surface area (Å²) < 4.78 is 29.2. The van der Waals surface area contributed by atoms with Crippen LogP contribution in [0.2, 0.25) is 0 Å². The number of rotatable bonds is 7. The number of carbonyl (C=O) groups excluding carboxylic acids is 1. The SMILES string of the molecule is C[C@@H](CCCc1nc2c3cc(F)cc(F)c3nc(N)n2n1)N(C)C(=O)c1cnc(N2CC(C)(O)C2)cn1. The van der Waals surface area contributed by atoms with Gasteiger partial charge in [-0.25, -0.2) is 28.7 Å². The summed E-state index contributed by atoms with van der Waals surface area (Å²) in [7, 11) is 1.71. The molecule has 1 aliphatic rings. The lowest BCUT2D eigenvalue weighted by Crippen LogP contribution is -2.60. The van der Waals surface area contributed by atoms with Crippen molar-refractivity contribution in [3.8, 4) is 0 Å². The Morgan fingerprint density at radius 3 is 2.68 bits per heavy atom. The van der Waals surface area contributed by atoms with Crippen molar-refractivity contribution in [2.24, 2.45) is 0 Å². The number of anilines is 2. The smallest absolute Gasteiger partial charge is 0.274 e. The number of aromatic nitrogens is 6. The van der Waals surface area contributed by atoms with Gasteiger partial charge in [0.25, 0.3) is 5.91 Å². The van der Waals surface area contributed by atoms with Gasteiger partial charge in [-0.1, -0.05) is 0 Å². The predicted molar refractivity (Wildman–Crippen MR) is 132 cm³/mol. The maximum Gasteiger partial charge on any atom is 0.274 e. The maximum absolute atomic E-state index is 14.2. The molecular weight excluding hydrogens is 484 g/mol. The second-order valence-corrected chi connectivity index (χ2v) is 9.79. The third kappa shape index (κ3) is 4.73. The van der Waals surface area contributed by atoms with Crippen molar-refractivity contribution in [2.75, 3.05) is 30.8 Å². The molecule has 1 saturated heterocycles. The zero-order chi connectivity index (χ0) is 26.5. The highest BCUT2D eigenvalue weighted by molar-refractivity contribution is 5.93. The minimum absolute atomic E-state index is 0.0444. The summed E-state index contributed by atoms with van der Waals surface area (Å²) in [4.78, 5) is 33.4. The predicted octanol–water partition coefficient (Wildman–Crippen LogP) is 1.98. The van der Waals surface area contributed by atoms with E-state index in [0.717, 1.165) is 12.1 Å². The second kappa shape index (κ2) is 9.14. The lowest BCUT2D eigenvalue weighted by Gasteiger charge is -2.44. The van der Waals surface area contributed by atoms with Crippen LogP contribution >= 0.6 is 0 Å². The fourth-order valence-corrected chi connectivity index (χ4v) is 4.47. The Bertz CT molecular complexity index is 1480. The maximum atomic E-state index is 14.2. The molecule has 4 aromatic rings. The first-order valence-corrected chi connectivity index (χ1v) is 11.9. The van der Waals surface area contributed by atoms with Crippen LogP contribution in [-0.4, -0.2) is 77.2 Å². The minimum atomic E-state index is -0.816. The van der Waals surface area contributed by atoms with Crippen LogP contribution in [0.3, 0.4) is 0 Å². The van der Waals surface area contributed by atoms with E-state index in [2.05, 4.69) is 25.0 Å². The molecule has 194 valence electrons. The van der Waals surface area contributed by atoms with E-state index in [-0.39, 0.29) is 40.1 Å². The molecule has 1 aromatic carbocycles. The Morgan fingerprint density at radius 2 is 2.00 bits per heavy atom. The molecular formula is C24H27F2N9O2. The molecule has 3 aromatic heterocycles. The van der Waals surface area contributed by atoms with Gasteiger partial charge in [-0.3, -0.25) is 4.79 Å². The van der Waals surface area contributed by atoms with Crippen LogP contribution in [0.4, 0.5) is 20.5 Å². The Hall–Kier alpha value is -4.00. The van der Waals surface area contributed by atoms with E-state index < -0.39 is 17.2 Å². The molecule has 4 heterocycles. The Balaban J connectivity index is 1.21. The van der Waals surface area contributed by atoms with Crippen LogP contribution in [0.5, 0.6) is 0 Å². The number of nitrogens with two attached hydrogens (primary N) is 1. The Kier molecular flexibility index (Phi) is 6.10. The topological polar surface area (TPSA) is 139 Å². The van der Waals surface area contributed by atoms with E-state index in [1.165, 1.54) is 16.9 Å². The lowest BCUT2D eigenvalue weighted by atomic mass is 9.97. The monoisotopic (exact) mass is 511 g/mol. The number of aliphatic hydroxyl groups is 1. The summed E-state index contributed by atoms with van der Waals surface area (Å²) in [6, 6.07) is 1.80. The molecule has 3 N–H and O–H groups in total. The van der Waals surface area contributed by atoms with E-state index >= 15 is 0 Å². The van der Waals surface area contributed by atoms with Crippen LogP contribution in [0, 0.1) is 11.6 Å². The number of benzene rings is 1. The number of aryl methyl sites for hydroxylation is 1. The fourth-order valence-electron chi connectivity index (χ4n) is 4.47. The van der Waals surface area contributed by atoms with Gasteiger partial charge in [0.1, 0.15) is 22.8 Å². The average molecular weight is 512 g/mol. The third-order valence-corrected chi connectivity index (χ3v) is 6.61. The quantitative estimate of drug-likeness (QED) is 0.381. The van der Waals surface area contributed by atoms with Crippen molar-refractivity contribution in [3.63, 3.8) is 0 Å². The minimum Gasteiger partial charge on any atom is -0.386 e. The Morgan fingerprint density at radius 1 is 1.24 bits per heavy atom. The van der Waals surface area contributed by atoms with Crippen molar-refractivity contribution in [3.05, 3.63) is 47.7 Å². The highest BCUT2D eigenvalue weighted by atomic mass is 19.1. The number of nitrogen functional groups attached to an aromatic ring is 1. The molecule has 37 heavy (non-hydrogen) atoms. The lowest BCUT2D eigenvalue weighted by molar-refractivity contribution is 0.0304. The molecule has 1 fully saturated rings. The third-order valence-electron chi connectivity index (χ3n) is 6.61. The second-order valence-electron chi connectivity index (χ2n) is 9.79. The number of nitrogens with zero attached hydrogens (tertiary/aromatic N) is 8. The summed E-state index contributed by atoms with van der Waals surface area (Å²) in [5, 5.41) is 14.4. The summed E-state index contributed by atoms with van der Waals surface area (Å²) in [6.45, 7) is 4.63. The van der Waals surface area contributed by atoms with Crippen LogP contribution in [0.1, 0.15) is 43.0 Å². The highest BCUT2D eigenvalue weighted by Gasteiger charge is 2.37.